The van der Waals surface area contributed by atoms with Crippen LogP contribution in [0.4, 0.5) is 32.0 Å². The monoisotopic (exact) mass is 603 g/mol. The average Bonchev–Trinajstić information content (AvgIpc) is 3.55. The summed E-state index contributed by atoms with van der Waals surface area (Å²) < 4.78 is 87.9. The third-order valence-corrected chi connectivity index (χ3v) is 6.66. The molecule has 0 saturated heterocycles. The van der Waals surface area contributed by atoms with Gasteiger partial charge in [-0.2, -0.15) is 18.4 Å². The van der Waals surface area contributed by atoms with Crippen LogP contribution in [0.5, 0.6) is 17.2 Å². The minimum atomic E-state index is -4.91. The van der Waals surface area contributed by atoms with Crippen LogP contribution in [0.25, 0.3) is 16.9 Å². The Morgan fingerprint density at radius 2 is 1.81 bits per heavy atom. The van der Waals surface area contributed by atoms with E-state index in [4.69, 9.17) is 4.74 Å². The quantitative estimate of drug-likeness (QED) is 0.197. The molecule has 224 valence electrons. The number of nitriles is 1. The van der Waals surface area contributed by atoms with Gasteiger partial charge in [-0.15, -0.1) is 13.2 Å². The summed E-state index contributed by atoms with van der Waals surface area (Å²) in [6, 6.07) is 13.3. The zero-order valence-electron chi connectivity index (χ0n) is 22.4. The molecule has 1 fully saturated rings. The van der Waals surface area contributed by atoms with E-state index in [2.05, 4.69) is 26.4 Å². The summed E-state index contributed by atoms with van der Waals surface area (Å²) in [5.74, 6) is -0.824. The Morgan fingerprint density at radius 1 is 1.07 bits per heavy atom. The summed E-state index contributed by atoms with van der Waals surface area (Å²) in [7, 11) is 0. The van der Waals surface area contributed by atoms with Gasteiger partial charge in [-0.05, 0) is 49.6 Å². The number of carbonyl (C=O) groups is 1. The van der Waals surface area contributed by atoms with Gasteiger partial charge in [0.25, 0.3) is 5.91 Å². The van der Waals surface area contributed by atoms with E-state index in [9.17, 15) is 36.4 Å². The van der Waals surface area contributed by atoms with Gasteiger partial charge in [-0.3, -0.25) is 9.20 Å². The fourth-order valence-corrected chi connectivity index (χ4v) is 4.42. The van der Waals surface area contributed by atoms with Crippen LogP contribution in [0.1, 0.15) is 35.2 Å². The number of benzene rings is 2. The number of aryl methyl sites for hydroxylation is 1. The van der Waals surface area contributed by atoms with E-state index in [0.717, 1.165) is 12.1 Å². The van der Waals surface area contributed by atoms with E-state index in [1.165, 1.54) is 30.6 Å². The molecule has 1 aliphatic rings. The van der Waals surface area contributed by atoms with Gasteiger partial charge < -0.3 is 20.1 Å². The van der Waals surface area contributed by atoms with Gasteiger partial charge >= 0.3 is 12.5 Å². The number of pyridine rings is 1. The van der Waals surface area contributed by atoms with E-state index in [1.807, 2.05) is 0 Å². The standard InChI is InChI=1S/C29H23F6N5O3/c1-17-11-18(5-6-22(17)26(41)39-27(16-36)7-8-27)24-14-38-25-23(37-10-9-28(30,31)32)13-21(15-40(24)25)42-19-3-2-4-20(12-19)43-29(33,34)35/h2-6,11-15,37H,7-10H2,1H3,(H,39,41). The third kappa shape index (κ3) is 7.11. The first-order valence-electron chi connectivity index (χ1n) is 12.9. The summed E-state index contributed by atoms with van der Waals surface area (Å²) in [6.45, 7) is 1.26. The molecule has 0 aliphatic heterocycles. The number of amides is 1. The number of fused-ring (bicyclic) bond motifs is 1. The largest absolute Gasteiger partial charge is 0.573 e. The molecule has 1 saturated carbocycles. The second-order valence-corrected chi connectivity index (χ2v) is 10.0. The lowest BCUT2D eigenvalue weighted by Gasteiger charge is -2.15. The molecule has 2 aromatic carbocycles. The number of halogens is 6. The number of hydrogen-bond acceptors (Lipinski definition) is 6. The van der Waals surface area contributed by atoms with Gasteiger partial charge in [0.1, 0.15) is 22.8 Å². The van der Waals surface area contributed by atoms with Gasteiger partial charge in [0.05, 0.1) is 36.3 Å². The highest BCUT2D eigenvalue weighted by Crippen LogP contribution is 2.36. The molecule has 43 heavy (non-hydrogen) atoms. The molecule has 2 N–H and O–H groups in total. The number of imidazole rings is 1. The average molecular weight is 604 g/mol. The molecule has 0 atom stereocenters. The second kappa shape index (κ2) is 11.0. The Morgan fingerprint density at radius 3 is 2.47 bits per heavy atom. The zero-order chi connectivity index (χ0) is 31.0. The lowest BCUT2D eigenvalue weighted by molar-refractivity contribution is -0.274. The second-order valence-electron chi connectivity index (χ2n) is 10.0. The highest BCUT2D eigenvalue weighted by molar-refractivity contribution is 5.97. The maximum Gasteiger partial charge on any atom is 0.573 e. The molecule has 0 bridgehead atoms. The van der Waals surface area contributed by atoms with Crippen molar-refractivity contribution in [2.75, 3.05) is 11.9 Å². The van der Waals surface area contributed by atoms with Crippen molar-refractivity contribution < 1.29 is 40.6 Å². The molecular formula is C29H23F6N5O3. The van der Waals surface area contributed by atoms with Crippen LogP contribution in [0.3, 0.4) is 0 Å². The summed E-state index contributed by atoms with van der Waals surface area (Å²) in [4.78, 5) is 17.1. The van der Waals surface area contributed by atoms with Crippen molar-refractivity contribution >= 4 is 17.2 Å². The number of nitrogens with zero attached hydrogens (tertiary/aromatic N) is 3. The lowest BCUT2D eigenvalue weighted by atomic mass is 10.0. The molecule has 0 radical (unpaired) electrons. The summed E-state index contributed by atoms with van der Waals surface area (Å²) in [5.41, 5.74) is 1.71. The van der Waals surface area contributed by atoms with Crippen molar-refractivity contribution in [2.24, 2.45) is 0 Å². The first-order valence-corrected chi connectivity index (χ1v) is 12.9. The Balaban J connectivity index is 1.49. The molecule has 1 amide bonds. The van der Waals surface area contributed by atoms with Crippen LogP contribution in [-0.4, -0.2) is 39.9 Å². The molecule has 2 aromatic heterocycles. The SMILES string of the molecule is Cc1cc(-c2cnc3c(NCCC(F)(F)F)cc(Oc4cccc(OC(F)(F)F)c4)cn23)ccc1C(=O)NC1(C#N)CC1. The van der Waals surface area contributed by atoms with Gasteiger partial charge in [-0.1, -0.05) is 12.1 Å². The molecule has 4 aromatic rings. The van der Waals surface area contributed by atoms with Crippen molar-refractivity contribution in [2.45, 2.75) is 44.3 Å². The van der Waals surface area contributed by atoms with Crippen molar-refractivity contribution in [3.8, 4) is 34.6 Å². The smallest absolute Gasteiger partial charge is 0.456 e. The molecule has 5 rings (SSSR count). The van der Waals surface area contributed by atoms with E-state index >= 15 is 0 Å². The zero-order valence-corrected chi connectivity index (χ0v) is 22.4. The van der Waals surface area contributed by atoms with Crippen LogP contribution < -0.4 is 20.1 Å². The van der Waals surface area contributed by atoms with Gasteiger partial charge in [-0.25, -0.2) is 4.98 Å². The molecule has 8 nitrogen and oxygen atoms in total. The van der Waals surface area contributed by atoms with Crippen LogP contribution in [0.2, 0.25) is 0 Å². The molecule has 2 heterocycles. The first-order chi connectivity index (χ1) is 20.2. The lowest BCUT2D eigenvalue weighted by Crippen LogP contribution is -2.35. The normalized spacial score (nSPS) is 14.2. The molecular weight excluding hydrogens is 580 g/mol. The first kappa shape index (κ1) is 29.6. The minimum Gasteiger partial charge on any atom is -0.456 e. The number of aromatic nitrogens is 2. The van der Waals surface area contributed by atoms with Gasteiger partial charge in [0, 0.05) is 29.8 Å². The van der Waals surface area contributed by atoms with Gasteiger partial charge in [0.2, 0.25) is 0 Å². The van der Waals surface area contributed by atoms with Crippen molar-refractivity contribution in [1.29, 1.82) is 5.26 Å². The summed E-state index contributed by atoms with van der Waals surface area (Å²) >= 11 is 0. The van der Waals surface area contributed by atoms with Crippen LogP contribution in [0.15, 0.2) is 60.9 Å². The minimum absolute atomic E-state index is 0.0129. The number of hydrogen-bond donors (Lipinski definition) is 2. The van der Waals surface area contributed by atoms with Gasteiger partial charge in [0.15, 0.2) is 5.65 Å². The van der Waals surface area contributed by atoms with Crippen LogP contribution in [0, 0.1) is 18.3 Å². The Hall–Kier alpha value is -4.93. The van der Waals surface area contributed by atoms with E-state index in [1.54, 1.807) is 29.5 Å². The number of rotatable bonds is 9. The predicted octanol–water partition coefficient (Wildman–Crippen LogP) is 7.15. The summed E-state index contributed by atoms with van der Waals surface area (Å²) in [5, 5.41) is 14.7. The predicted molar refractivity (Wildman–Crippen MR) is 143 cm³/mol. The third-order valence-electron chi connectivity index (χ3n) is 6.66. The number of nitrogens with one attached hydrogen (secondary N) is 2. The Kier molecular flexibility index (Phi) is 7.59. The molecule has 0 unspecified atom stereocenters. The summed E-state index contributed by atoms with van der Waals surface area (Å²) in [6.07, 6.45) is -6.30. The van der Waals surface area contributed by atoms with Crippen molar-refractivity contribution in [1.82, 2.24) is 14.7 Å². The number of alkyl halides is 6. The highest BCUT2D eigenvalue weighted by Gasteiger charge is 2.44. The van der Waals surface area contributed by atoms with Crippen LogP contribution >= 0.6 is 0 Å². The molecule has 1 aliphatic carbocycles. The fraction of sp³-hybridized carbons (Fsp3) is 0.276. The molecule has 14 heteroatoms. The highest BCUT2D eigenvalue weighted by atomic mass is 19.4. The Bertz CT molecular complexity index is 1720. The Labute approximate surface area is 240 Å². The van der Waals surface area contributed by atoms with E-state index in [-0.39, 0.29) is 28.7 Å². The number of carbonyl (C=O) groups excluding carboxylic acids is 1. The van der Waals surface area contributed by atoms with E-state index < -0.39 is 36.8 Å². The van der Waals surface area contributed by atoms with Crippen molar-refractivity contribution in [3.63, 3.8) is 0 Å². The number of anilines is 1. The van der Waals surface area contributed by atoms with E-state index in [0.29, 0.717) is 35.2 Å². The molecule has 0 spiro atoms. The fourth-order valence-electron chi connectivity index (χ4n) is 4.42. The maximum absolute atomic E-state index is 12.8. The topological polar surface area (TPSA) is 101 Å². The number of ether oxygens (including phenoxy) is 2. The maximum atomic E-state index is 12.8. The van der Waals surface area contributed by atoms with Crippen molar-refractivity contribution in [3.05, 3.63) is 72.1 Å². The van der Waals surface area contributed by atoms with Crippen LogP contribution in [-0.2, 0) is 0 Å².